The van der Waals surface area contributed by atoms with E-state index in [-0.39, 0.29) is 23.6 Å². The van der Waals surface area contributed by atoms with E-state index in [1.807, 2.05) is 6.07 Å². The molecular formula is C18H24F3N5. The predicted octanol–water partition coefficient (Wildman–Crippen LogP) is 3.94. The van der Waals surface area contributed by atoms with Gasteiger partial charge in [-0.1, -0.05) is 6.92 Å². The first-order valence-electron chi connectivity index (χ1n) is 9.34. The van der Waals surface area contributed by atoms with Gasteiger partial charge in [0, 0.05) is 29.8 Å². The Morgan fingerprint density at radius 3 is 2.65 bits per heavy atom. The van der Waals surface area contributed by atoms with Crippen molar-refractivity contribution in [3.63, 3.8) is 0 Å². The highest BCUT2D eigenvalue weighted by molar-refractivity contribution is 5.56. The van der Waals surface area contributed by atoms with Crippen LogP contribution >= 0.6 is 0 Å². The topological polar surface area (TPSA) is 68.2 Å². The summed E-state index contributed by atoms with van der Waals surface area (Å²) in [5, 5.41) is 7.34. The molecule has 0 aromatic carbocycles. The van der Waals surface area contributed by atoms with Gasteiger partial charge in [0.1, 0.15) is 11.4 Å². The number of hydrogen-bond acceptors (Lipinski definition) is 4. The number of alkyl halides is 3. The summed E-state index contributed by atoms with van der Waals surface area (Å²) in [6.45, 7) is 2.07. The van der Waals surface area contributed by atoms with Gasteiger partial charge in [-0.15, -0.1) is 0 Å². The van der Waals surface area contributed by atoms with Crippen LogP contribution in [0.5, 0.6) is 0 Å². The van der Waals surface area contributed by atoms with Crippen LogP contribution in [0.15, 0.2) is 12.3 Å². The minimum atomic E-state index is -4.47. The summed E-state index contributed by atoms with van der Waals surface area (Å²) in [5.74, 6) is 1.31. The van der Waals surface area contributed by atoms with Crippen molar-refractivity contribution in [3.05, 3.63) is 23.5 Å². The first kappa shape index (κ1) is 17.6. The first-order valence-corrected chi connectivity index (χ1v) is 9.34. The second kappa shape index (κ2) is 6.40. The van der Waals surface area contributed by atoms with Crippen LogP contribution in [0.3, 0.4) is 0 Å². The molecule has 26 heavy (non-hydrogen) atoms. The largest absolute Gasteiger partial charge is 0.421 e. The molecule has 2 aliphatic rings. The zero-order valence-corrected chi connectivity index (χ0v) is 14.8. The van der Waals surface area contributed by atoms with Gasteiger partial charge in [0.15, 0.2) is 5.65 Å². The summed E-state index contributed by atoms with van der Waals surface area (Å²) >= 11 is 0. The van der Waals surface area contributed by atoms with Gasteiger partial charge in [-0.25, -0.2) is 4.98 Å². The summed E-state index contributed by atoms with van der Waals surface area (Å²) in [6.07, 6.45) is 2.16. The van der Waals surface area contributed by atoms with E-state index in [4.69, 9.17) is 5.73 Å². The lowest BCUT2D eigenvalue weighted by atomic mass is 9.96. The van der Waals surface area contributed by atoms with Crippen molar-refractivity contribution in [2.24, 2.45) is 11.7 Å². The lowest BCUT2D eigenvalue weighted by Crippen LogP contribution is -2.22. The van der Waals surface area contributed by atoms with E-state index in [0.717, 1.165) is 50.4 Å². The maximum absolute atomic E-state index is 13.4. The molecule has 142 valence electrons. The maximum Gasteiger partial charge on any atom is 0.421 e. The van der Waals surface area contributed by atoms with Gasteiger partial charge in [-0.3, -0.25) is 0 Å². The number of nitrogens with zero attached hydrogens (tertiary/aromatic N) is 3. The van der Waals surface area contributed by atoms with Gasteiger partial charge in [-0.05, 0) is 44.4 Å². The number of aromatic nitrogens is 3. The fourth-order valence-corrected chi connectivity index (χ4v) is 4.11. The van der Waals surface area contributed by atoms with E-state index >= 15 is 0 Å². The van der Waals surface area contributed by atoms with Gasteiger partial charge in [0.2, 0.25) is 0 Å². The molecule has 0 spiro atoms. The summed E-state index contributed by atoms with van der Waals surface area (Å²) < 4.78 is 41.5. The van der Waals surface area contributed by atoms with Crippen LogP contribution < -0.4 is 11.1 Å². The molecule has 2 aliphatic carbocycles. The molecule has 0 amide bonds. The second-order valence-corrected chi connectivity index (χ2v) is 7.62. The van der Waals surface area contributed by atoms with Gasteiger partial charge in [0.25, 0.3) is 0 Å². The molecule has 2 fully saturated rings. The minimum absolute atomic E-state index is 0.112. The van der Waals surface area contributed by atoms with Crippen LogP contribution in [-0.4, -0.2) is 26.7 Å². The van der Waals surface area contributed by atoms with Crippen molar-refractivity contribution in [1.29, 1.82) is 0 Å². The average Bonchev–Trinajstić information content (AvgIpc) is 3.15. The smallest absolute Gasteiger partial charge is 0.367 e. The average molecular weight is 367 g/mol. The molecule has 0 radical (unpaired) electrons. The minimum Gasteiger partial charge on any atom is -0.367 e. The molecule has 2 aromatic rings. The van der Waals surface area contributed by atoms with Crippen LogP contribution in [0.1, 0.15) is 62.6 Å². The molecule has 2 heterocycles. The van der Waals surface area contributed by atoms with E-state index in [9.17, 15) is 13.2 Å². The molecular weight excluding hydrogens is 343 g/mol. The maximum atomic E-state index is 13.4. The van der Waals surface area contributed by atoms with Gasteiger partial charge in [-0.2, -0.15) is 22.8 Å². The Hall–Kier alpha value is -1.83. The molecule has 0 aliphatic heterocycles. The lowest BCUT2D eigenvalue weighted by molar-refractivity contribution is -0.136. The third-order valence-corrected chi connectivity index (χ3v) is 5.63. The van der Waals surface area contributed by atoms with Gasteiger partial charge >= 0.3 is 6.18 Å². The molecule has 0 saturated heterocycles. The fourth-order valence-electron chi connectivity index (χ4n) is 4.11. The normalized spacial score (nSPS) is 25.0. The van der Waals surface area contributed by atoms with Crippen LogP contribution in [0, 0.1) is 5.92 Å². The van der Waals surface area contributed by atoms with Crippen LogP contribution in [-0.2, 0) is 6.18 Å². The number of anilines is 1. The highest BCUT2D eigenvalue weighted by Crippen LogP contribution is 2.45. The monoisotopic (exact) mass is 367 g/mol. The number of nitrogens with one attached hydrogen (secondary N) is 1. The lowest BCUT2D eigenvalue weighted by Gasteiger charge is -2.19. The SMILES string of the molecule is CCC(c1cc(N[C@H]2CC[C@H](N)C2)n2ncc(C(F)(F)F)c2n1)C1CC1. The summed E-state index contributed by atoms with van der Waals surface area (Å²) in [4.78, 5) is 4.40. The zero-order chi connectivity index (χ0) is 18.5. The second-order valence-electron chi connectivity index (χ2n) is 7.62. The molecule has 1 unspecified atom stereocenters. The van der Waals surface area contributed by atoms with Crippen molar-refractivity contribution < 1.29 is 13.2 Å². The van der Waals surface area contributed by atoms with E-state index < -0.39 is 11.7 Å². The standard InChI is InChI=1S/C18H24F3N5/c1-2-13(10-3-4-10)15-8-16(24-12-6-5-11(22)7-12)26-17(25-15)14(9-23-26)18(19,20)21/h8-13,24H,2-7,22H2,1H3/t11-,12-,13?/m0/s1. The van der Waals surface area contributed by atoms with Crippen LogP contribution in [0.4, 0.5) is 19.0 Å². The van der Waals surface area contributed by atoms with Crippen molar-refractivity contribution in [2.45, 2.75) is 69.6 Å². The molecule has 5 nitrogen and oxygen atoms in total. The molecule has 0 bridgehead atoms. The van der Waals surface area contributed by atoms with Crippen molar-refractivity contribution in [2.75, 3.05) is 5.32 Å². The van der Waals surface area contributed by atoms with Gasteiger partial charge < -0.3 is 11.1 Å². The van der Waals surface area contributed by atoms with Gasteiger partial charge in [0.05, 0.1) is 6.20 Å². The highest BCUT2D eigenvalue weighted by Gasteiger charge is 2.37. The number of hydrogen-bond donors (Lipinski definition) is 2. The van der Waals surface area contributed by atoms with Crippen LogP contribution in [0.25, 0.3) is 5.65 Å². The Morgan fingerprint density at radius 2 is 2.08 bits per heavy atom. The fraction of sp³-hybridized carbons (Fsp3) is 0.667. The Bertz CT molecular complexity index is 796. The Morgan fingerprint density at radius 1 is 1.31 bits per heavy atom. The quantitative estimate of drug-likeness (QED) is 0.840. The molecule has 3 N–H and O–H groups in total. The van der Waals surface area contributed by atoms with Crippen molar-refractivity contribution in [1.82, 2.24) is 14.6 Å². The van der Waals surface area contributed by atoms with Crippen LogP contribution in [0.2, 0.25) is 0 Å². The van der Waals surface area contributed by atoms with Crippen molar-refractivity contribution in [3.8, 4) is 0 Å². The highest BCUT2D eigenvalue weighted by atomic mass is 19.4. The summed E-state index contributed by atoms with van der Waals surface area (Å²) in [6, 6.07) is 2.18. The number of rotatable bonds is 5. The Balaban J connectivity index is 1.78. The summed E-state index contributed by atoms with van der Waals surface area (Å²) in [7, 11) is 0. The van der Waals surface area contributed by atoms with E-state index in [0.29, 0.717) is 11.7 Å². The third kappa shape index (κ3) is 3.26. The first-order chi connectivity index (χ1) is 12.4. The van der Waals surface area contributed by atoms with E-state index in [1.165, 1.54) is 4.52 Å². The number of halogens is 3. The third-order valence-electron chi connectivity index (χ3n) is 5.63. The van der Waals surface area contributed by atoms with Crippen molar-refractivity contribution >= 4 is 11.5 Å². The number of nitrogens with two attached hydrogens (primary N) is 1. The predicted molar refractivity (Wildman–Crippen MR) is 93.0 cm³/mol. The van der Waals surface area contributed by atoms with E-state index in [1.54, 1.807) is 0 Å². The molecule has 2 saturated carbocycles. The summed E-state index contributed by atoms with van der Waals surface area (Å²) in [5.41, 5.74) is 5.82. The zero-order valence-electron chi connectivity index (χ0n) is 14.8. The Labute approximate surface area is 150 Å². The molecule has 8 heteroatoms. The van der Waals surface area contributed by atoms with E-state index in [2.05, 4.69) is 22.3 Å². The molecule has 3 atom stereocenters. The number of fused-ring (bicyclic) bond motifs is 1. The Kier molecular flexibility index (Phi) is 4.33. The molecule has 4 rings (SSSR count). The molecule has 2 aromatic heterocycles.